The second-order valence-corrected chi connectivity index (χ2v) is 5.26. The molecule has 0 aromatic rings. The Hall–Kier alpha value is -0.610. The van der Waals surface area contributed by atoms with E-state index in [1.54, 1.807) is 0 Å². The number of hydrogen-bond acceptors (Lipinski definition) is 3. The normalized spacial score (nSPS) is 16.3. The smallest absolute Gasteiger partial charge is 0.323 e. The molecule has 0 amide bonds. The number of aliphatic carboxylic acids is 1. The molecule has 0 heterocycles. The Morgan fingerprint density at radius 1 is 1.32 bits per heavy atom. The van der Waals surface area contributed by atoms with Crippen LogP contribution in [0, 0.1) is 0 Å². The van der Waals surface area contributed by atoms with E-state index < -0.39 is 11.5 Å². The molecule has 4 heteroatoms. The van der Waals surface area contributed by atoms with E-state index in [1.807, 2.05) is 13.8 Å². The second kappa shape index (κ2) is 9.32. The molecule has 2 unspecified atom stereocenters. The van der Waals surface area contributed by atoms with Gasteiger partial charge in [0.25, 0.3) is 0 Å². The first kappa shape index (κ1) is 18.4. The summed E-state index contributed by atoms with van der Waals surface area (Å²) in [4.78, 5) is 13.9. The lowest BCUT2D eigenvalue weighted by Gasteiger charge is -2.32. The van der Waals surface area contributed by atoms with Gasteiger partial charge < -0.3 is 15.3 Å². The van der Waals surface area contributed by atoms with Crippen LogP contribution in [0.4, 0.5) is 0 Å². The standard InChI is InChI=1S/C15H32N2O2/c1-6-13(5)17(9-4)12-10-11-15(7-2,14(18)19)16-8-3/h13,16H,6-12H2,1-5H3,(H,18,19). The van der Waals surface area contributed by atoms with Crippen LogP contribution >= 0.6 is 0 Å². The Bertz CT molecular complexity index is 259. The second-order valence-electron chi connectivity index (χ2n) is 5.26. The van der Waals surface area contributed by atoms with Crippen molar-refractivity contribution in [3.05, 3.63) is 0 Å². The van der Waals surface area contributed by atoms with Crippen molar-refractivity contribution < 1.29 is 9.90 Å². The number of carbonyl (C=O) groups is 1. The summed E-state index contributed by atoms with van der Waals surface area (Å²) in [5.41, 5.74) is -0.746. The zero-order valence-corrected chi connectivity index (χ0v) is 13.3. The topological polar surface area (TPSA) is 52.6 Å². The minimum Gasteiger partial charge on any atom is -0.480 e. The summed E-state index contributed by atoms with van der Waals surface area (Å²) in [5.74, 6) is -0.719. The van der Waals surface area contributed by atoms with Crippen LogP contribution in [0.3, 0.4) is 0 Å². The number of nitrogens with one attached hydrogen (secondary N) is 1. The number of carboxylic acids is 1. The van der Waals surface area contributed by atoms with Crippen LogP contribution in [-0.2, 0) is 4.79 Å². The molecule has 0 aliphatic rings. The van der Waals surface area contributed by atoms with Gasteiger partial charge >= 0.3 is 5.97 Å². The van der Waals surface area contributed by atoms with Crippen molar-refractivity contribution >= 4 is 5.97 Å². The molecule has 2 atom stereocenters. The van der Waals surface area contributed by atoms with E-state index in [4.69, 9.17) is 0 Å². The summed E-state index contributed by atoms with van der Waals surface area (Å²) in [6, 6.07) is 0.574. The van der Waals surface area contributed by atoms with Gasteiger partial charge in [-0.1, -0.05) is 27.7 Å². The van der Waals surface area contributed by atoms with Crippen LogP contribution in [0.1, 0.15) is 60.3 Å². The van der Waals surface area contributed by atoms with Crippen LogP contribution < -0.4 is 5.32 Å². The number of carboxylic acid groups (broad SMARTS) is 1. The van der Waals surface area contributed by atoms with Gasteiger partial charge in [-0.25, -0.2) is 0 Å². The predicted molar refractivity (Wildman–Crippen MR) is 80.6 cm³/mol. The molecular weight excluding hydrogens is 240 g/mol. The molecule has 0 aliphatic carbocycles. The third kappa shape index (κ3) is 5.49. The van der Waals surface area contributed by atoms with Gasteiger partial charge in [-0.15, -0.1) is 0 Å². The van der Waals surface area contributed by atoms with Gasteiger partial charge in [0.05, 0.1) is 0 Å². The van der Waals surface area contributed by atoms with E-state index in [2.05, 4.69) is 31.0 Å². The van der Waals surface area contributed by atoms with Gasteiger partial charge in [-0.05, 0) is 52.2 Å². The van der Waals surface area contributed by atoms with Crippen molar-refractivity contribution in [2.75, 3.05) is 19.6 Å². The molecule has 0 aliphatic heterocycles. The maximum Gasteiger partial charge on any atom is 0.323 e. The first-order chi connectivity index (χ1) is 8.97. The highest BCUT2D eigenvalue weighted by Gasteiger charge is 2.35. The average molecular weight is 272 g/mol. The lowest BCUT2D eigenvalue weighted by molar-refractivity contribution is -0.145. The van der Waals surface area contributed by atoms with E-state index in [0.717, 1.165) is 25.9 Å². The Morgan fingerprint density at radius 2 is 1.95 bits per heavy atom. The predicted octanol–water partition coefficient (Wildman–Crippen LogP) is 2.73. The molecule has 2 N–H and O–H groups in total. The zero-order valence-electron chi connectivity index (χ0n) is 13.3. The fourth-order valence-electron chi connectivity index (χ4n) is 2.59. The molecule has 0 aromatic carbocycles. The molecular formula is C15H32N2O2. The fraction of sp³-hybridized carbons (Fsp3) is 0.933. The zero-order chi connectivity index (χ0) is 14.9. The Labute approximate surface area is 118 Å². The summed E-state index contributed by atoms with van der Waals surface area (Å²) in [6.45, 7) is 13.2. The summed E-state index contributed by atoms with van der Waals surface area (Å²) in [5, 5.41) is 12.6. The number of likely N-dealkylation sites (N-methyl/N-ethyl adjacent to an activating group) is 1. The molecule has 0 spiro atoms. The third-order valence-electron chi connectivity index (χ3n) is 4.20. The third-order valence-corrected chi connectivity index (χ3v) is 4.20. The van der Waals surface area contributed by atoms with Crippen LogP contribution in [0.25, 0.3) is 0 Å². The van der Waals surface area contributed by atoms with Gasteiger partial charge in [0.1, 0.15) is 5.54 Å². The molecule has 0 radical (unpaired) electrons. The Kier molecular flexibility index (Phi) is 9.02. The van der Waals surface area contributed by atoms with Crippen molar-refractivity contribution in [2.24, 2.45) is 0 Å². The lowest BCUT2D eigenvalue weighted by atomic mass is 9.90. The lowest BCUT2D eigenvalue weighted by Crippen LogP contribution is -2.52. The number of hydrogen-bond donors (Lipinski definition) is 2. The first-order valence-corrected chi connectivity index (χ1v) is 7.69. The molecule has 0 aromatic heterocycles. The summed E-state index contributed by atoms with van der Waals surface area (Å²) in [7, 11) is 0. The summed E-state index contributed by atoms with van der Waals surface area (Å²) >= 11 is 0. The SMILES string of the molecule is CCNC(CC)(CCCN(CC)C(C)CC)C(=O)O. The Balaban J connectivity index is 4.44. The van der Waals surface area contributed by atoms with Crippen LogP contribution in [-0.4, -0.2) is 47.2 Å². The van der Waals surface area contributed by atoms with Crippen molar-refractivity contribution in [3.63, 3.8) is 0 Å². The quantitative estimate of drug-likeness (QED) is 0.607. The van der Waals surface area contributed by atoms with Crippen molar-refractivity contribution in [3.8, 4) is 0 Å². The van der Waals surface area contributed by atoms with Gasteiger partial charge in [0, 0.05) is 6.04 Å². The van der Waals surface area contributed by atoms with E-state index >= 15 is 0 Å². The van der Waals surface area contributed by atoms with Gasteiger partial charge in [-0.2, -0.15) is 0 Å². The molecule has 0 fully saturated rings. The summed E-state index contributed by atoms with van der Waals surface area (Å²) in [6.07, 6.45) is 3.38. The fourth-order valence-corrected chi connectivity index (χ4v) is 2.59. The monoisotopic (exact) mass is 272 g/mol. The van der Waals surface area contributed by atoms with Crippen LogP contribution in [0.15, 0.2) is 0 Å². The minimum absolute atomic E-state index is 0.574. The molecule has 0 rings (SSSR count). The first-order valence-electron chi connectivity index (χ1n) is 7.69. The minimum atomic E-state index is -0.746. The van der Waals surface area contributed by atoms with Crippen molar-refractivity contribution in [1.82, 2.24) is 10.2 Å². The van der Waals surface area contributed by atoms with Crippen LogP contribution in [0.5, 0.6) is 0 Å². The van der Waals surface area contributed by atoms with Gasteiger partial charge in [-0.3, -0.25) is 4.79 Å². The molecule has 114 valence electrons. The largest absolute Gasteiger partial charge is 0.480 e. The molecule has 0 bridgehead atoms. The van der Waals surface area contributed by atoms with Crippen molar-refractivity contribution in [2.45, 2.75) is 71.9 Å². The highest BCUT2D eigenvalue weighted by molar-refractivity contribution is 5.78. The maximum absolute atomic E-state index is 11.5. The average Bonchev–Trinajstić information content (AvgIpc) is 2.41. The molecule has 0 saturated heterocycles. The van der Waals surface area contributed by atoms with Gasteiger partial charge in [0.15, 0.2) is 0 Å². The molecule has 19 heavy (non-hydrogen) atoms. The Morgan fingerprint density at radius 3 is 2.32 bits per heavy atom. The maximum atomic E-state index is 11.5. The molecule has 0 saturated carbocycles. The molecule has 4 nitrogen and oxygen atoms in total. The van der Waals surface area contributed by atoms with E-state index in [-0.39, 0.29) is 0 Å². The highest BCUT2D eigenvalue weighted by atomic mass is 16.4. The summed E-state index contributed by atoms with van der Waals surface area (Å²) < 4.78 is 0. The number of nitrogens with zero attached hydrogens (tertiary/aromatic N) is 1. The van der Waals surface area contributed by atoms with Gasteiger partial charge in [0.2, 0.25) is 0 Å². The van der Waals surface area contributed by atoms with Crippen molar-refractivity contribution in [1.29, 1.82) is 0 Å². The number of rotatable bonds is 11. The highest BCUT2D eigenvalue weighted by Crippen LogP contribution is 2.19. The van der Waals surface area contributed by atoms with E-state index in [9.17, 15) is 9.90 Å². The van der Waals surface area contributed by atoms with E-state index in [0.29, 0.717) is 25.4 Å². The van der Waals surface area contributed by atoms with E-state index in [1.165, 1.54) is 0 Å². The van der Waals surface area contributed by atoms with Crippen LogP contribution in [0.2, 0.25) is 0 Å².